The summed E-state index contributed by atoms with van der Waals surface area (Å²) in [5, 5.41) is 3.61. The third-order valence-electron chi connectivity index (χ3n) is 4.86. The fourth-order valence-corrected chi connectivity index (χ4v) is 4.24. The van der Waals surface area contributed by atoms with E-state index in [2.05, 4.69) is 52.3 Å². The highest BCUT2D eigenvalue weighted by molar-refractivity contribution is 8.00. The zero-order chi connectivity index (χ0) is 16.5. The Hall–Kier alpha value is -2.14. The van der Waals surface area contributed by atoms with E-state index in [9.17, 15) is 4.79 Å². The van der Waals surface area contributed by atoms with Gasteiger partial charge in [-0.05, 0) is 48.7 Å². The highest BCUT2D eigenvalue weighted by Gasteiger charge is 2.36. The summed E-state index contributed by atoms with van der Waals surface area (Å²) < 4.78 is 3.40. The number of rotatable bonds is 4. The number of hydrogen-bond acceptors (Lipinski definition) is 5. The SMILES string of the molecule is CN1c2ccc(NSc3ccccc3)cc2NC1C1CCC(=O)C1. The van der Waals surface area contributed by atoms with Gasteiger partial charge in [-0.25, -0.2) is 0 Å². The first-order valence-corrected chi connectivity index (χ1v) is 9.15. The monoisotopic (exact) mass is 339 g/mol. The number of carbonyl (C=O) groups is 1. The van der Waals surface area contributed by atoms with Gasteiger partial charge < -0.3 is 14.9 Å². The number of benzene rings is 2. The molecule has 0 bridgehead atoms. The molecule has 2 unspecified atom stereocenters. The molecule has 5 heteroatoms. The standard InChI is InChI=1S/C19H21N3OS/c1-22-18-10-8-14(21-24-16-5-3-2-4-6-16)12-17(18)20-19(22)13-7-9-15(23)11-13/h2-6,8,10,12-13,19-21H,7,9,11H2,1H3. The third-order valence-corrected chi connectivity index (χ3v) is 5.70. The number of Topliss-reactive ketones (excluding diaryl/α,β-unsaturated/α-hetero) is 1. The van der Waals surface area contributed by atoms with Crippen molar-refractivity contribution in [2.24, 2.45) is 5.92 Å². The highest BCUT2D eigenvalue weighted by atomic mass is 32.2. The second-order valence-corrected chi connectivity index (χ2v) is 7.37. The van der Waals surface area contributed by atoms with E-state index in [4.69, 9.17) is 0 Å². The van der Waals surface area contributed by atoms with E-state index >= 15 is 0 Å². The number of carbonyl (C=O) groups excluding carboxylic acids is 1. The summed E-state index contributed by atoms with van der Waals surface area (Å²) in [6, 6.07) is 16.7. The van der Waals surface area contributed by atoms with Crippen LogP contribution < -0.4 is 14.9 Å². The summed E-state index contributed by atoms with van der Waals surface area (Å²) in [6.45, 7) is 0. The predicted molar refractivity (Wildman–Crippen MR) is 101 cm³/mol. The second kappa shape index (κ2) is 6.40. The Morgan fingerprint density at radius 2 is 2.04 bits per heavy atom. The molecule has 1 saturated carbocycles. The molecule has 2 aromatic rings. The molecular formula is C19H21N3OS. The van der Waals surface area contributed by atoms with Gasteiger partial charge >= 0.3 is 0 Å². The van der Waals surface area contributed by atoms with E-state index in [1.54, 1.807) is 11.9 Å². The lowest BCUT2D eigenvalue weighted by atomic mass is 10.0. The van der Waals surface area contributed by atoms with Crippen molar-refractivity contribution < 1.29 is 4.79 Å². The Bertz CT molecular complexity index is 750. The molecule has 2 atom stereocenters. The fourth-order valence-electron chi connectivity index (χ4n) is 3.58. The molecule has 1 fully saturated rings. The Balaban J connectivity index is 1.46. The van der Waals surface area contributed by atoms with Crippen molar-refractivity contribution in [2.75, 3.05) is 22.0 Å². The van der Waals surface area contributed by atoms with Crippen molar-refractivity contribution in [3.8, 4) is 0 Å². The van der Waals surface area contributed by atoms with Crippen molar-refractivity contribution in [2.45, 2.75) is 30.3 Å². The zero-order valence-corrected chi connectivity index (χ0v) is 14.5. The lowest BCUT2D eigenvalue weighted by Gasteiger charge is -2.27. The molecule has 0 saturated heterocycles. The fraction of sp³-hybridized carbons (Fsp3) is 0.316. The van der Waals surface area contributed by atoms with Crippen LogP contribution in [0.3, 0.4) is 0 Å². The van der Waals surface area contributed by atoms with Gasteiger partial charge in [0.25, 0.3) is 0 Å². The van der Waals surface area contributed by atoms with Crippen molar-refractivity contribution in [3.63, 3.8) is 0 Å². The van der Waals surface area contributed by atoms with Gasteiger partial charge in [0.15, 0.2) is 0 Å². The molecule has 2 aromatic carbocycles. The minimum absolute atomic E-state index is 0.225. The zero-order valence-electron chi connectivity index (χ0n) is 13.7. The first-order chi connectivity index (χ1) is 11.7. The maximum Gasteiger partial charge on any atom is 0.133 e. The van der Waals surface area contributed by atoms with Crippen LogP contribution in [0.4, 0.5) is 17.1 Å². The Kier molecular flexibility index (Phi) is 4.10. The number of anilines is 3. The normalized spacial score (nSPS) is 22.4. The Morgan fingerprint density at radius 3 is 2.79 bits per heavy atom. The van der Waals surface area contributed by atoms with Crippen molar-refractivity contribution in [1.29, 1.82) is 0 Å². The number of ketones is 1. The molecule has 0 spiro atoms. The van der Waals surface area contributed by atoms with E-state index < -0.39 is 0 Å². The van der Waals surface area contributed by atoms with Gasteiger partial charge in [0.2, 0.25) is 0 Å². The number of nitrogens with zero attached hydrogens (tertiary/aromatic N) is 1. The number of hydrogen-bond donors (Lipinski definition) is 2. The average Bonchev–Trinajstić information content (AvgIpc) is 3.17. The van der Waals surface area contributed by atoms with Crippen LogP contribution in [0.5, 0.6) is 0 Å². The van der Waals surface area contributed by atoms with E-state index in [1.165, 1.54) is 10.6 Å². The van der Waals surface area contributed by atoms with Crippen LogP contribution in [-0.4, -0.2) is 19.0 Å². The lowest BCUT2D eigenvalue weighted by molar-refractivity contribution is -0.117. The number of nitrogens with one attached hydrogen (secondary N) is 2. The average molecular weight is 339 g/mol. The van der Waals surface area contributed by atoms with Crippen LogP contribution in [-0.2, 0) is 4.79 Å². The molecule has 0 radical (unpaired) electrons. The predicted octanol–water partition coefficient (Wildman–Crippen LogP) is 4.36. The maximum atomic E-state index is 11.6. The summed E-state index contributed by atoms with van der Waals surface area (Å²) in [5.74, 6) is 0.803. The number of fused-ring (bicyclic) bond motifs is 1. The van der Waals surface area contributed by atoms with Crippen molar-refractivity contribution >= 4 is 34.8 Å². The minimum atomic E-state index is 0.225. The summed E-state index contributed by atoms with van der Waals surface area (Å²) in [4.78, 5) is 15.1. The van der Waals surface area contributed by atoms with E-state index in [-0.39, 0.29) is 6.17 Å². The largest absolute Gasteiger partial charge is 0.363 e. The molecule has 4 rings (SSSR count). The molecule has 1 aliphatic heterocycles. The van der Waals surface area contributed by atoms with Gasteiger partial charge in [-0.2, -0.15) is 0 Å². The van der Waals surface area contributed by atoms with Crippen LogP contribution in [0.2, 0.25) is 0 Å². The molecule has 0 aromatic heterocycles. The summed E-state index contributed by atoms with van der Waals surface area (Å²) in [6.07, 6.45) is 2.64. The third kappa shape index (κ3) is 2.96. The van der Waals surface area contributed by atoms with Crippen molar-refractivity contribution in [3.05, 3.63) is 48.5 Å². The molecular weight excluding hydrogens is 318 g/mol. The van der Waals surface area contributed by atoms with Gasteiger partial charge in [0, 0.05) is 36.4 Å². The van der Waals surface area contributed by atoms with E-state index in [0.29, 0.717) is 18.1 Å². The minimum Gasteiger partial charge on any atom is -0.363 e. The quantitative estimate of drug-likeness (QED) is 0.810. The van der Waals surface area contributed by atoms with Crippen LogP contribution in [0.1, 0.15) is 19.3 Å². The molecule has 4 nitrogen and oxygen atoms in total. The summed E-state index contributed by atoms with van der Waals surface area (Å²) >= 11 is 1.61. The van der Waals surface area contributed by atoms with Crippen LogP contribution in [0.15, 0.2) is 53.4 Å². The van der Waals surface area contributed by atoms with Gasteiger partial charge in [-0.3, -0.25) is 4.79 Å². The van der Waals surface area contributed by atoms with Gasteiger partial charge in [0.05, 0.1) is 11.4 Å². The van der Waals surface area contributed by atoms with Crippen LogP contribution in [0, 0.1) is 5.92 Å². The second-order valence-electron chi connectivity index (χ2n) is 6.49. The molecule has 2 aliphatic rings. The Morgan fingerprint density at radius 1 is 1.21 bits per heavy atom. The van der Waals surface area contributed by atoms with Crippen LogP contribution in [0.25, 0.3) is 0 Å². The topological polar surface area (TPSA) is 44.4 Å². The van der Waals surface area contributed by atoms with Gasteiger partial charge in [0.1, 0.15) is 11.9 Å². The summed E-state index contributed by atoms with van der Waals surface area (Å²) in [7, 11) is 2.11. The maximum absolute atomic E-state index is 11.6. The molecule has 2 N–H and O–H groups in total. The summed E-state index contributed by atoms with van der Waals surface area (Å²) in [5.41, 5.74) is 3.42. The molecule has 1 heterocycles. The van der Waals surface area contributed by atoms with E-state index in [0.717, 1.165) is 24.2 Å². The highest BCUT2D eigenvalue weighted by Crippen LogP contribution is 2.41. The van der Waals surface area contributed by atoms with Crippen LogP contribution >= 0.6 is 11.9 Å². The van der Waals surface area contributed by atoms with E-state index in [1.807, 2.05) is 18.2 Å². The molecule has 0 amide bonds. The van der Waals surface area contributed by atoms with Crippen molar-refractivity contribution in [1.82, 2.24) is 0 Å². The first kappa shape index (κ1) is 15.4. The van der Waals surface area contributed by atoms with Gasteiger partial charge in [-0.1, -0.05) is 18.2 Å². The first-order valence-electron chi connectivity index (χ1n) is 8.34. The smallest absolute Gasteiger partial charge is 0.133 e. The Labute approximate surface area is 146 Å². The lowest BCUT2D eigenvalue weighted by Crippen LogP contribution is -2.38. The van der Waals surface area contributed by atoms with Gasteiger partial charge in [-0.15, -0.1) is 0 Å². The molecule has 24 heavy (non-hydrogen) atoms. The molecule has 124 valence electrons. The molecule has 1 aliphatic carbocycles.